The van der Waals surface area contributed by atoms with Gasteiger partial charge in [0.15, 0.2) is 0 Å². The van der Waals surface area contributed by atoms with E-state index in [1.165, 1.54) is 23.4 Å². The third-order valence-electron chi connectivity index (χ3n) is 4.85. The lowest BCUT2D eigenvalue weighted by Gasteiger charge is -2.32. The quantitative estimate of drug-likeness (QED) is 0.794. The maximum absolute atomic E-state index is 6.10. The van der Waals surface area contributed by atoms with Crippen LogP contribution in [0.2, 0.25) is 0 Å². The van der Waals surface area contributed by atoms with E-state index in [1.807, 2.05) is 18.5 Å². The monoisotopic (exact) mass is 328 g/mol. The fourth-order valence-electron chi connectivity index (χ4n) is 3.50. The van der Waals surface area contributed by atoms with Crippen LogP contribution in [0.1, 0.15) is 42.8 Å². The molecule has 2 atom stereocenters. The van der Waals surface area contributed by atoms with E-state index in [9.17, 15) is 0 Å². The molecule has 1 saturated heterocycles. The van der Waals surface area contributed by atoms with Gasteiger partial charge < -0.3 is 10.1 Å². The van der Waals surface area contributed by atoms with Crippen LogP contribution in [0.4, 0.5) is 0 Å². The smallest absolute Gasteiger partial charge is 0.103 e. The molecule has 1 fully saturated rings. The summed E-state index contributed by atoms with van der Waals surface area (Å²) >= 11 is 0. The van der Waals surface area contributed by atoms with Gasteiger partial charge in [0, 0.05) is 56.7 Å². The minimum atomic E-state index is 0.158. The molecule has 0 aromatic carbocycles. The lowest BCUT2D eigenvalue weighted by molar-refractivity contribution is -0.0325. The topological polar surface area (TPSA) is 52.0 Å². The zero-order valence-electron chi connectivity index (χ0n) is 14.7. The minimum Gasteiger partial charge on any atom is -0.372 e. The Labute approximate surface area is 144 Å². The summed E-state index contributed by atoms with van der Waals surface area (Å²) in [6.07, 6.45) is 7.23. The van der Waals surface area contributed by atoms with E-state index in [0.29, 0.717) is 5.92 Å². The number of hydrogen-bond donors (Lipinski definition) is 1. The molecule has 130 valence electrons. The number of nitrogens with zero attached hydrogens (tertiary/aromatic N) is 3. The van der Waals surface area contributed by atoms with E-state index in [2.05, 4.69) is 46.1 Å². The highest BCUT2D eigenvalue weighted by atomic mass is 16.5. The number of rotatable bonds is 7. The molecule has 0 amide bonds. The summed E-state index contributed by atoms with van der Waals surface area (Å²) in [7, 11) is 0. The Morgan fingerprint density at radius 2 is 2.25 bits per heavy atom. The molecular weight excluding hydrogens is 300 g/mol. The fourth-order valence-corrected chi connectivity index (χ4v) is 3.50. The molecule has 0 saturated carbocycles. The average molecular weight is 328 g/mol. The summed E-state index contributed by atoms with van der Waals surface area (Å²) in [5.41, 5.74) is 3.67. The first-order chi connectivity index (χ1) is 11.8. The van der Waals surface area contributed by atoms with Crippen molar-refractivity contribution in [2.75, 3.05) is 19.7 Å². The first-order valence-electron chi connectivity index (χ1n) is 9.04. The summed E-state index contributed by atoms with van der Waals surface area (Å²) < 4.78 is 8.15. The Bertz CT molecular complexity index is 640. The average Bonchev–Trinajstić information content (AvgIpc) is 3.09. The van der Waals surface area contributed by atoms with Crippen molar-refractivity contribution in [1.82, 2.24) is 20.1 Å². The molecule has 1 aliphatic rings. The molecule has 5 heteroatoms. The number of ether oxygens (including phenoxy) is 1. The van der Waals surface area contributed by atoms with Crippen molar-refractivity contribution in [2.45, 2.75) is 45.8 Å². The minimum absolute atomic E-state index is 0.158. The third-order valence-corrected chi connectivity index (χ3v) is 4.85. The van der Waals surface area contributed by atoms with Crippen molar-refractivity contribution < 1.29 is 4.74 Å². The van der Waals surface area contributed by atoms with Crippen molar-refractivity contribution >= 4 is 0 Å². The highest BCUT2D eigenvalue weighted by molar-refractivity contribution is 5.17. The van der Waals surface area contributed by atoms with E-state index in [0.717, 1.165) is 39.1 Å². The first kappa shape index (κ1) is 17.1. The second-order valence-electron chi connectivity index (χ2n) is 6.49. The van der Waals surface area contributed by atoms with Gasteiger partial charge in [-0.05, 0) is 44.4 Å². The molecule has 3 rings (SSSR count). The molecule has 1 N–H and O–H groups in total. The van der Waals surface area contributed by atoms with Crippen LogP contribution in [0.3, 0.4) is 0 Å². The van der Waals surface area contributed by atoms with Gasteiger partial charge in [0.1, 0.15) is 6.10 Å². The van der Waals surface area contributed by atoms with Gasteiger partial charge in [0.2, 0.25) is 0 Å². The standard InChI is InChI=1S/C19H28N4O/c1-3-23-18(9-12-22-23)19-16(7-5-13-24-19)14-20-11-8-17-15(2)6-4-10-21-17/h4,6,9-10,12,16,19-20H,3,5,7-8,11,13-14H2,1-2H3/t16-,19+/m0/s1. The van der Waals surface area contributed by atoms with Crippen LogP contribution in [0.5, 0.6) is 0 Å². The maximum Gasteiger partial charge on any atom is 0.103 e. The number of aromatic nitrogens is 3. The van der Waals surface area contributed by atoms with Gasteiger partial charge in [0.25, 0.3) is 0 Å². The van der Waals surface area contributed by atoms with Gasteiger partial charge in [-0.2, -0.15) is 5.10 Å². The Kier molecular flexibility index (Phi) is 5.99. The molecular formula is C19H28N4O. The van der Waals surface area contributed by atoms with Crippen LogP contribution in [0, 0.1) is 12.8 Å². The van der Waals surface area contributed by atoms with Gasteiger partial charge in [0.05, 0.1) is 5.69 Å². The second-order valence-corrected chi connectivity index (χ2v) is 6.49. The lowest BCUT2D eigenvalue weighted by atomic mass is 9.92. The maximum atomic E-state index is 6.10. The summed E-state index contributed by atoms with van der Waals surface area (Å²) in [6, 6.07) is 6.22. The third kappa shape index (κ3) is 4.02. The van der Waals surface area contributed by atoms with E-state index >= 15 is 0 Å². The SMILES string of the molecule is CCn1nccc1[C@@H]1OCCC[C@H]1CNCCc1ncccc1C. The summed E-state index contributed by atoms with van der Waals surface area (Å²) in [5, 5.41) is 8.01. The Morgan fingerprint density at radius 3 is 3.08 bits per heavy atom. The predicted molar refractivity (Wildman–Crippen MR) is 94.9 cm³/mol. The van der Waals surface area contributed by atoms with Crippen LogP contribution in [0.15, 0.2) is 30.6 Å². The Balaban J connectivity index is 1.54. The number of hydrogen-bond acceptors (Lipinski definition) is 4. The van der Waals surface area contributed by atoms with Crippen molar-refractivity contribution in [2.24, 2.45) is 5.92 Å². The van der Waals surface area contributed by atoms with Crippen LogP contribution < -0.4 is 5.32 Å². The number of nitrogens with one attached hydrogen (secondary N) is 1. The van der Waals surface area contributed by atoms with Crippen molar-refractivity contribution in [3.8, 4) is 0 Å². The van der Waals surface area contributed by atoms with Gasteiger partial charge in [-0.15, -0.1) is 0 Å². The molecule has 0 aliphatic carbocycles. The van der Waals surface area contributed by atoms with Crippen LogP contribution in [-0.2, 0) is 17.7 Å². The molecule has 0 spiro atoms. The molecule has 0 radical (unpaired) electrons. The highest BCUT2D eigenvalue weighted by Gasteiger charge is 2.29. The van der Waals surface area contributed by atoms with Crippen molar-refractivity contribution in [3.63, 3.8) is 0 Å². The van der Waals surface area contributed by atoms with E-state index in [4.69, 9.17) is 4.74 Å². The zero-order chi connectivity index (χ0) is 16.8. The molecule has 5 nitrogen and oxygen atoms in total. The van der Waals surface area contributed by atoms with E-state index in [-0.39, 0.29) is 6.10 Å². The molecule has 24 heavy (non-hydrogen) atoms. The number of aryl methyl sites for hydroxylation is 2. The van der Waals surface area contributed by atoms with Crippen molar-refractivity contribution in [1.29, 1.82) is 0 Å². The molecule has 0 unspecified atom stereocenters. The fraction of sp³-hybridized carbons (Fsp3) is 0.579. The predicted octanol–water partition coefficient (Wildman–Crippen LogP) is 2.91. The normalized spacial score (nSPS) is 21.1. The molecule has 1 aliphatic heterocycles. The van der Waals surface area contributed by atoms with E-state index < -0.39 is 0 Å². The second kappa shape index (κ2) is 8.40. The van der Waals surface area contributed by atoms with Crippen LogP contribution in [0.25, 0.3) is 0 Å². The molecule has 2 aromatic rings. The largest absolute Gasteiger partial charge is 0.372 e. The lowest BCUT2D eigenvalue weighted by Crippen LogP contribution is -2.34. The van der Waals surface area contributed by atoms with Crippen LogP contribution >= 0.6 is 0 Å². The van der Waals surface area contributed by atoms with E-state index in [1.54, 1.807) is 0 Å². The Morgan fingerprint density at radius 1 is 1.33 bits per heavy atom. The zero-order valence-corrected chi connectivity index (χ0v) is 14.7. The first-order valence-corrected chi connectivity index (χ1v) is 9.04. The molecule has 3 heterocycles. The van der Waals surface area contributed by atoms with Crippen molar-refractivity contribution in [3.05, 3.63) is 47.5 Å². The van der Waals surface area contributed by atoms with Gasteiger partial charge in [-0.1, -0.05) is 6.07 Å². The summed E-state index contributed by atoms with van der Waals surface area (Å²) in [6.45, 7) is 7.92. The van der Waals surface area contributed by atoms with Gasteiger partial charge in [-0.25, -0.2) is 0 Å². The molecule has 2 aromatic heterocycles. The van der Waals surface area contributed by atoms with Gasteiger partial charge >= 0.3 is 0 Å². The Hall–Kier alpha value is -1.72. The van der Waals surface area contributed by atoms with Gasteiger partial charge in [-0.3, -0.25) is 9.67 Å². The van der Waals surface area contributed by atoms with Crippen LogP contribution in [-0.4, -0.2) is 34.5 Å². The molecule has 0 bridgehead atoms. The summed E-state index contributed by atoms with van der Waals surface area (Å²) in [4.78, 5) is 4.46. The summed E-state index contributed by atoms with van der Waals surface area (Å²) in [5.74, 6) is 0.505. The number of pyridine rings is 1. The highest BCUT2D eigenvalue weighted by Crippen LogP contribution is 2.33.